The predicted octanol–water partition coefficient (Wildman–Crippen LogP) is 6.01. The summed E-state index contributed by atoms with van der Waals surface area (Å²) in [4.78, 5) is 30.9. The van der Waals surface area contributed by atoms with Crippen molar-refractivity contribution in [2.75, 3.05) is 19.6 Å². The number of aromatic nitrogens is 1. The maximum atomic E-state index is 12.8. The number of nitrogens with zero attached hydrogens (tertiary/aromatic N) is 2. The lowest BCUT2D eigenvalue weighted by Crippen LogP contribution is -2.28. The maximum Gasteiger partial charge on any atom is 0.303 e. The van der Waals surface area contributed by atoms with Crippen molar-refractivity contribution < 1.29 is 19.1 Å². The van der Waals surface area contributed by atoms with Crippen LogP contribution in [0.25, 0.3) is 0 Å². The van der Waals surface area contributed by atoms with Gasteiger partial charge >= 0.3 is 5.97 Å². The van der Waals surface area contributed by atoms with Gasteiger partial charge in [-0.05, 0) is 68.0 Å². The number of carboxylic acids is 1. The van der Waals surface area contributed by atoms with Gasteiger partial charge in [0.25, 0.3) is 5.91 Å². The second kappa shape index (κ2) is 13.2. The summed E-state index contributed by atoms with van der Waals surface area (Å²) in [5, 5.41) is 12.8. The topological polar surface area (TPSA) is 95.7 Å². The van der Waals surface area contributed by atoms with Gasteiger partial charge in [0, 0.05) is 18.0 Å². The van der Waals surface area contributed by atoms with Crippen molar-refractivity contribution in [3.8, 4) is 0 Å². The van der Waals surface area contributed by atoms with Crippen molar-refractivity contribution in [2.24, 2.45) is 5.92 Å². The molecule has 0 spiro atoms. The Labute approximate surface area is 218 Å². The molecule has 4 rings (SSSR count). The second-order valence-corrected chi connectivity index (χ2v) is 10.6. The Bertz CT molecular complexity index is 1010. The van der Waals surface area contributed by atoms with E-state index in [1.54, 1.807) is 6.07 Å². The lowest BCUT2D eigenvalue weighted by atomic mass is 9.86. The first kappa shape index (κ1) is 26.7. The molecular weight excluding hydrogens is 478 g/mol. The van der Waals surface area contributed by atoms with Crippen LogP contribution < -0.4 is 5.32 Å². The molecule has 2 heterocycles. The average molecular weight is 516 g/mol. The third kappa shape index (κ3) is 7.32. The van der Waals surface area contributed by atoms with Crippen LogP contribution in [0.1, 0.15) is 104 Å². The molecule has 0 bridgehead atoms. The van der Waals surface area contributed by atoms with E-state index in [-0.39, 0.29) is 24.1 Å². The zero-order valence-corrected chi connectivity index (χ0v) is 21.8. The van der Waals surface area contributed by atoms with Gasteiger partial charge in [0.05, 0.1) is 0 Å². The quantitative estimate of drug-likeness (QED) is 0.336. The van der Waals surface area contributed by atoms with Crippen LogP contribution in [0.15, 0.2) is 28.9 Å². The van der Waals surface area contributed by atoms with Crippen molar-refractivity contribution >= 4 is 23.5 Å². The largest absolute Gasteiger partial charge is 0.481 e. The monoisotopic (exact) mass is 515 g/mol. The van der Waals surface area contributed by atoms with Crippen LogP contribution in [-0.4, -0.2) is 46.5 Å². The summed E-state index contributed by atoms with van der Waals surface area (Å²) < 4.78 is 5.87. The maximum absolute atomic E-state index is 12.8. The third-order valence-electron chi connectivity index (χ3n) is 7.55. The summed E-state index contributed by atoms with van der Waals surface area (Å²) in [7, 11) is 0. The summed E-state index contributed by atoms with van der Waals surface area (Å²) >= 11 is 6.36. The van der Waals surface area contributed by atoms with E-state index in [0.29, 0.717) is 23.9 Å². The molecule has 0 radical (unpaired) electrons. The highest BCUT2D eigenvalue weighted by Crippen LogP contribution is 2.35. The van der Waals surface area contributed by atoms with E-state index in [0.717, 1.165) is 55.8 Å². The van der Waals surface area contributed by atoms with E-state index in [2.05, 4.69) is 15.2 Å². The van der Waals surface area contributed by atoms with Crippen LogP contribution in [0.2, 0.25) is 5.02 Å². The number of oxazole rings is 1. The molecule has 1 aliphatic carbocycles. The van der Waals surface area contributed by atoms with Gasteiger partial charge in [0.1, 0.15) is 12.3 Å². The van der Waals surface area contributed by atoms with Crippen molar-refractivity contribution in [1.82, 2.24) is 15.2 Å². The number of hydrogen-bond donors (Lipinski definition) is 2. The number of halogens is 1. The molecular formula is C28H38ClN3O4. The van der Waals surface area contributed by atoms with Gasteiger partial charge in [-0.2, -0.15) is 0 Å². The average Bonchev–Trinajstić information content (AvgIpc) is 3.57. The Morgan fingerprint density at radius 2 is 1.92 bits per heavy atom. The number of carboxylic acid groups (broad SMARTS) is 1. The fraction of sp³-hybridized carbons (Fsp3) is 0.607. The first-order valence-corrected chi connectivity index (χ1v) is 13.9. The van der Waals surface area contributed by atoms with Crippen LogP contribution in [-0.2, 0) is 11.2 Å². The van der Waals surface area contributed by atoms with Crippen LogP contribution >= 0.6 is 11.6 Å². The number of unbranched alkanes of at least 4 members (excludes halogenated alkanes) is 1. The Kier molecular flexibility index (Phi) is 9.82. The molecule has 1 saturated heterocycles. The highest BCUT2D eigenvalue weighted by Gasteiger charge is 2.31. The van der Waals surface area contributed by atoms with E-state index in [9.17, 15) is 14.7 Å². The number of rotatable bonds is 12. The van der Waals surface area contributed by atoms with Crippen molar-refractivity contribution in [1.29, 1.82) is 0 Å². The Morgan fingerprint density at radius 1 is 1.14 bits per heavy atom. The molecule has 2 aliphatic rings. The molecule has 1 aliphatic heterocycles. The Morgan fingerprint density at radius 3 is 2.67 bits per heavy atom. The molecule has 36 heavy (non-hydrogen) atoms. The normalized spacial score (nSPS) is 17.8. The number of carbonyl (C=O) groups is 2. The van der Waals surface area contributed by atoms with E-state index >= 15 is 0 Å². The molecule has 8 heteroatoms. The third-order valence-corrected chi connectivity index (χ3v) is 7.79. The zero-order chi connectivity index (χ0) is 25.3. The van der Waals surface area contributed by atoms with Gasteiger partial charge < -0.3 is 14.8 Å². The molecule has 1 amide bonds. The molecule has 1 unspecified atom stereocenters. The number of aryl methyl sites for hydroxylation is 1. The van der Waals surface area contributed by atoms with Crippen molar-refractivity contribution in [2.45, 2.75) is 83.1 Å². The molecule has 2 fully saturated rings. The minimum Gasteiger partial charge on any atom is -0.481 e. The van der Waals surface area contributed by atoms with Gasteiger partial charge in [0.15, 0.2) is 5.69 Å². The summed E-state index contributed by atoms with van der Waals surface area (Å²) in [6, 6.07) is 5.23. The van der Waals surface area contributed by atoms with Gasteiger partial charge in [-0.1, -0.05) is 62.6 Å². The zero-order valence-electron chi connectivity index (χ0n) is 21.0. The van der Waals surface area contributed by atoms with E-state index in [1.807, 2.05) is 12.1 Å². The van der Waals surface area contributed by atoms with Gasteiger partial charge in [-0.25, -0.2) is 4.98 Å². The highest BCUT2D eigenvalue weighted by atomic mass is 35.5. The number of amides is 1. The standard InChI is InChI=1S/C28H38ClN3O4/c29-22-13-11-21(12-14-25(33)34)23(18-22)26(32-16-6-7-17-32)28-31-24(19-36-28)27(35)30-15-5-4-10-20-8-2-1-3-9-20/h11,13,18-20,26H,1-10,12,14-17H2,(H,30,35)(H,33,34). The van der Waals surface area contributed by atoms with E-state index in [1.165, 1.54) is 44.8 Å². The fourth-order valence-corrected chi connectivity index (χ4v) is 5.80. The lowest BCUT2D eigenvalue weighted by Gasteiger charge is -2.27. The molecule has 2 aromatic rings. The molecule has 1 aromatic heterocycles. The van der Waals surface area contributed by atoms with E-state index in [4.69, 9.17) is 16.0 Å². The number of hydrogen-bond acceptors (Lipinski definition) is 5. The van der Waals surface area contributed by atoms with Crippen molar-refractivity contribution in [3.05, 3.63) is 52.2 Å². The Balaban J connectivity index is 1.41. The number of likely N-dealkylation sites (tertiary alicyclic amines) is 1. The highest BCUT2D eigenvalue weighted by molar-refractivity contribution is 6.30. The first-order valence-electron chi connectivity index (χ1n) is 13.5. The van der Waals surface area contributed by atoms with Gasteiger partial charge in [-0.3, -0.25) is 14.5 Å². The molecule has 1 saturated carbocycles. The fourth-order valence-electron chi connectivity index (χ4n) is 5.62. The summed E-state index contributed by atoms with van der Waals surface area (Å²) in [6.45, 7) is 2.39. The van der Waals surface area contributed by atoms with E-state index < -0.39 is 5.97 Å². The summed E-state index contributed by atoms with van der Waals surface area (Å²) in [5.41, 5.74) is 2.07. The SMILES string of the molecule is O=C(O)CCc1ccc(Cl)cc1C(c1nc(C(=O)NCCCCC2CCCCC2)co1)N1CCCC1. The number of benzene rings is 1. The van der Waals surface area contributed by atoms with Crippen LogP contribution in [0.3, 0.4) is 0 Å². The van der Waals surface area contributed by atoms with Crippen LogP contribution in [0.4, 0.5) is 0 Å². The number of nitrogens with one attached hydrogen (secondary N) is 1. The first-order chi connectivity index (χ1) is 17.5. The summed E-state index contributed by atoms with van der Waals surface area (Å²) in [6.07, 6.45) is 14.2. The summed E-state index contributed by atoms with van der Waals surface area (Å²) in [5.74, 6) is 0.239. The van der Waals surface area contributed by atoms with Crippen LogP contribution in [0.5, 0.6) is 0 Å². The Hall–Kier alpha value is -2.38. The second-order valence-electron chi connectivity index (χ2n) is 10.2. The van der Waals surface area contributed by atoms with Gasteiger partial charge in [0.2, 0.25) is 5.89 Å². The molecule has 1 aromatic carbocycles. The lowest BCUT2D eigenvalue weighted by molar-refractivity contribution is -0.136. The van der Waals surface area contributed by atoms with Crippen molar-refractivity contribution in [3.63, 3.8) is 0 Å². The molecule has 7 nitrogen and oxygen atoms in total. The minimum absolute atomic E-state index is 0.0291. The van der Waals surface area contributed by atoms with Crippen LogP contribution in [0, 0.1) is 5.92 Å². The molecule has 1 atom stereocenters. The molecule has 196 valence electrons. The number of carbonyl (C=O) groups excluding carboxylic acids is 1. The van der Waals surface area contributed by atoms with Gasteiger partial charge in [-0.15, -0.1) is 0 Å². The minimum atomic E-state index is -0.845. The smallest absolute Gasteiger partial charge is 0.303 e. The predicted molar refractivity (Wildman–Crippen MR) is 139 cm³/mol. The molecule has 2 N–H and O–H groups in total. The number of aliphatic carboxylic acids is 1.